The Balaban J connectivity index is 2.38. The predicted octanol–water partition coefficient (Wildman–Crippen LogP) is 1.29. The van der Waals surface area contributed by atoms with Gasteiger partial charge in [0.2, 0.25) is 5.78 Å². The topological polar surface area (TPSA) is 66.5 Å². The minimum Gasteiger partial charge on any atom is -0.348 e. The van der Waals surface area contributed by atoms with Gasteiger partial charge in [-0.1, -0.05) is 44.2 Å². The van der Waals surface area contributed by atoms with Crippen LogP contribution in [0.25, 0.3) is 0 Å². The Morgan fingerprint density at radius 1 is 1.05 bits per heavy atom. The molecule has 0 aromatic heterocycles. The number of carbonyl (C=O) groups is 3. The first-order chi connectivity index (χ1) is 10.1. The summed E-state index contributed by atoms with van der Waals surface area (Å²) in [6.45, 7) is 6.97. The Hall–Kier alpha value is -2.01. The van der Waals surface area contributed by atoms with Crippen LogP contribution in [0.15, 0.2) is 30.3 Å². The van der Waals surface area contributed by atoms with E-state index in [1.165, 1.54) is 0 Å². The number of nitrogens with zero attached hydrogens (tertiary/aromatic N) is 1. The van der Waals surface area contributed by atoms with E-state index in [2.05, 4.69) is 10.2 Å². The summed E-state index contributed by atoms with van der Waals surface area (Å²) < 4.78 is 0. The smallest absolute Gasteiger partial charge is 0.287 e. The van der Waals surface area contributed by atoms with Crippen molar-refractivity contribution in [1.29, 1.82) is 0 Å². The number of hydrogen-bond acceptors (Lipinski definition) is 4. The molecule has 0 aliphatic heterocycles. The van der Waals surface area contributed by atoms with Gasteiger partial charge in [0.05, 0.1) is 6.42 Å². The third kappa shape index (κ3) is 5.87. The molecule has 114 valence electrons. The molecule has 0 aliphatic carbocycles. The summed E-state index contributed by atoms with van der Waals surface area (Å²) in [5, 5.41) is 2.56. The van der Waals surface area contributed by atoms with Crippen molar-refractivity contribution < 1.29 is 14.4 Å². The molecular weight excluding hydrogens is 268 g/mol. The molecule has 0 bridgehead atoms. The maximum atomic E-state index is 11.8. The number of amides is 1. The van der Waals surface area contributed by atoms with E-state index in [4.69, 9.17) is 0 Å². The van der Waals surface area contributed by atoms with E-state index in [1.807, 2.05) is 13.8 Å². The van der Waals surface area contributed by atoms with Gasteiger partial charge in [-0.2, -0.15) is 0 Å². The molecule has 1 aromatic carbocycles. The van der Waals surface area contributed by atoms with Crippen LogP contribution in [0.3, 0.4) is 0 Å². The Morgan fingerprint density at radius 2 is 1.67 bits per heavy atom. The van der Waals surface area contributed by atoms with E-state index in [0.29, 0.717) is 18.7 Å². The van der Waals surface area contributed by atoms with Crippen LogP contribution in [-0.4, -0.2) is 48.6 Å². The van der Waals surface area contributed by atoms with Crippen molar-refractivity contribution in [2.75, 3.05) is 26.2 Å². The number of hydrogen-bond donors (Lipinski definition) is 1. The molecule has 1 rings (SSSR count). The lowest BCUT2D eigenvalue weighted by Gasteiger charge is -2.17. The normalized spacial score (nSPS) is 10.4. The average Bonchev–Trinajstić information content (AvgIpc) is 2.52. The first kappa shape index (κ1) is 17.0. The third-order valence-electron chi connectivity index (χ3n) is 3.28. The number of benzene rings is 1. The van der Waals surface area contributed by atoms with Crippen LogP contribution >= 0.6 is 0 Å². The molecule has 0 atom stereocenters. The summed E-state index contributed by atoms with van der Waals surface area (Å²) in [5.74, 6) is -1.71. The second kappa shape index (κ2) is 9.02. The van der Waals surface area contributed by atoms with Crippen LogP contribution in [0.1, 0.15) is 30.6 Å². The number of rotatable bonds is 9. The fraction of sp³-hybridized carbons (Fsp3) is 0.438. The van der Waals surface area contributed by atoms with E-state index >= 15 is 0 Å². The van der Waals surface area contributed by atoms with E-state index in [1.54, 1.807) is 30.3 Å². The van der Waals surface area contributed by atoms with Gasteiger partial charge >= 0.3 is 0 Å². The molecule has 0 heterocycles. The van der Waals surface area contributed by atoms with E-state index < -0.39 is 11.7 Å². The van der Waals surface area contributed by atoms with Crippen LogP contribution in [0.4, 0.5) is 0 Å². The summed E-state index contributed by atoms with van der Waals surface area (Å²) in [7, 11) is 0. The lowest BCUT2D eigenvalue weighted by Crippen LogP contribution is -2.38. The number of Topliss-reactive ketones (excluding diaryl/α,β-unsaturated/α-hetero) is 2. The predicted molar refractivity (Wildman–Crippen MR) is 81.2 cm³/mol. The average molecular weight is 290 g/mol. The summed E-state index contributed by atoms with van der Waals surface area (Å²) in [6.07, 6.45) is -0.388. The summed E-state index contributed by atoms with van der Waals surface area (Å²) in [5.41, 5.74) is 0.446. The fourth-order valence-electron chi connectivity index (χ4n) is 1.92. The van der Waals surface area contributed by atoms with Gasteiger partial charge in [-0.3, -0.25) is 14.4 Å². The second-order valence-corrected chi connectivity index (χ2v) is 4.67. The highest BCUT2D eigenvalue weighted by Gasteiger charge is 2.18. The molecule has 0 unspecified atom stereocenters. The zero-order chi connectivity index (χ0) is 15.7. The summed E-state index contributed by atoms with van der Waals surface area (Å²) in [6, 6.07) is 8.50. The zero-order valence-corrected chi connectivity index (χ0v) is 12.6. The van der Waals surface area contributed by atoms with Crippen molar-refractivity contribution in [3.63, 3.8) is 0 Å². The number of carbonyl (C=O) groups excluding carboxylic acids is 3. The van der Waals surface area contributed by atoms with Crippen LogP contribution in [0, 0.1) is 0 Å². The van der Waals surface area contributed by atoms with Crippen molar-refractivity contribution in [2.24, 2.45) is 0 Å². The molecule has 0 spiro atoms. The van der Waals surface area contributed by atoms with Crippen molar-refractivity contribution in [3.8, 4) is 0 Å². The number of ketones is 2. The van der Waals surface area contributed by atoms with Crippen molar-refractivity contribution in [3.05, 3.63) is 35.9 Å². The van der Waals surface area contributed by atoms with Gasteiger partial charge in [0.25, 0.3) is 5.91 Å². The minimum atomic E-state index is -0.691. The molecule has 0 saturated carbocycles. The van der Waals surface area contributed by atoms with Gasteiger partial charge in [0.15, 0.2) is 5.78 Å². The Labute approximate surface area is 125 Å². The molecule has 5 heteroatoms. The molecule has 1 aromatic rings. The van der Waals surface area contributed by atoms with Crippen molar-refractivity contribution in [2.45, 2.75) is 20.3 Å². The lowest BCUT2D eigenvalue weighted by atomic mass is 10.1. The second-order valence-electron chi connectivity index (χ2n) is 4.67. The standard InChI is InChI=1S/C16H22N2O3/c1-3-18(4-2)11-10-17-16(21)15(20)12-14(19)13-8-6-5-7-9-13/h5-9H,3-4,10-12H2,1-2H3,(H,17,21). The van der Waals surface area contributed by atoms with Gasteiger partial charge in [0.1, 0.15) is 0 Å². The Bertz CT molecular complexity index is 482. The molecular formula is C16H22N2O3. The van der Waals surface area contributed by atoms with E-state index in [-0.39, 0.29) is 12.2 Å². The van der Waals surface area contributed by atoms with Gasteiger partial charge in [0, 0.05) is 18.7 Å². The first-order valence-electron chi connectivity index (χ1n) is 7.20. The maximum Gasteiger partial charge on any atom is 0.287 e. The van der Waals surface area contributed by atoms with Gasteiger partial charge in [-0.05, 0) is 13.1 Å². The van der Waals surface area contributed by atoms with Crippen LogP contribution in [-0.2, 0) is 9.59 Å². The number of nitrogens with one attached hydrogen (secondary N) is 1. The largest absolute Gasteiger partial charge is 0.348 e. The van der Waals surface area contributed by atoms with Crippen LogP contribution in [0.5, 0.6) is 0 Å². The lowest BCUT2D eigenvalue weighted by molar-refractivity contribution is -0.137. The fourth-order valence-corrected chi connectivity index (χ4v) is 1.92. The highest BCUT2D eigenvalue weighted by molar-refractivity contribution is 6.40. The third-order valence-corrected chi connectivity index (χ3v) is 3.28. The van der Waals surface area contributed by atoms with Crippen LogP contribution < -0.4 is 5.32 Å². The summed E-state index contributed by atoms with van der Waals surface area (Å²) >= 11 is 0. The molecule has 0 saturated heterocycles. The van der Waals surface area contributed by atoms with Gasteiger partial charge < -0.3 is 10.2 Å². The van der Waals surface area contributed by atoms with E-state index in [0.717, 1.165) is 13.1 Å². The quantitative estimate of drug-likeness (QED) is 0.423. The number of likely N-dealkylation sites (N-methyl/N-ethyl adjacent to an activating group) is 1. The van der Waals surface area contributed by atoms with Gasteiger partial charge in [-0.25, -0.2) is 0 Å². The van der Waals surface area contributed by atoms with Crippen molar-refractivity contribution in [1.82, 2.24) is 10.2 Å². The molecule has 0 radical (unpaired) electrons. The molecule has 0 fully saturated rings. The zero-order valence-electron chi connectivity index (χ0n) is 12.6. The highest BCUT2D eigenvalue weighted by atomic mass is 16.2. The highest BCUT2D eigenvalue weighted by Crippen LogP contribution is 2.03. The molecule has 21 heavy (non-hydrogen) atoms. The van der Waals surface area contributed by atoms with Crippen molar-refractivity contribution >= 4 is 17.5 Å². The first-order valence-corrected chi connectivity index (χ1v) is 7.20. The minimum absolute atomic E-state index is 0.334. The molecule has 0 aliphatic rings. The van der Waals surface area contributed by atoms with E-state index in [9.17, 15) is 14.4 Å². The van der Waals surface area contributed by atoms with Gasteiger partial charge in [-0.15, -0.1) is 0 Å². The Kier molecular flexibility index (Phi) is 7.32. The van der Waals surface area contributed by atoms with Crippen LogP contribution in [0.2, 0.25) is 0 Å². The monoisotopic (exact) mass is 290 g/mol. The Morgan fingerprint density at radius 3 is 2.24 bits per heavy atom. The molecule has 1 amide bonds. The maximum absolute atomic E-state index is 11.8. The summed E-state index contributed by atoms with van der Waals surface area (Å²) in [4.78, 5) is 37.3. The molecule has 1 N–H and O–H groups in total. The SMILES string of the molecule is CCN(CC)CCNC(=O)C(=O)CC(=O)c1ccccc1. The molecule has 5 nitrogen and oxygen atoms in total.